The summed E-state index contributed by atoms with van der Waals surface area (Å²) in [4.78, 5) is 24.6. The standard InChI is InChI=1S/C28H30O7/c1-3-19-5-7-20(8-6-19)11-15-25(29)34-23-17-32-28-24(18-33-27(23)28)35-26(30)16-12-21-9-13-22(14-10-21)31-4-2/h5-16,23-24,27-28H,3-4,17-18H2,1-2H3/b15-11+,16-12+/t23?,24-,27-,28-/m1/s1. The first kappa shape index (κ1) is 24.7. The summed E-state index contributed by atoms with van der Waals surface area (Å²) in [5.74, 6) is -0.188. The highest BCUT2D eigenvalue weighted by molar-refractivity contribution is 5.87. The van der Waals surface area contributed by atoms with Crippen molar-refractivity contribution in [2.45, 2.75) is 44.7 Å². The van der Waals surface area contributed by atoms with Crippen LogP contribution in [0.3, 0.4) is 0 Å². The summed E-state index contributed by atoms with van der Waals surface area (Å²) in [6, 6.07) is 15.4. The third-order valence-corrected chi connectivity index (χ3v) is 5.90. The summed E-state index contributed by atoms with van der Waals surface area (Å²) in [7, 11) is 0. The van der Waals surface area contributed by atoms with E-state index in [9.17, 15) is 9.59 Å². The van der Waals surface area contributed by atoms with Crippen molar-refractivity contribution in [3.05, 3.63) is 77.4 Å². The largest absolute Gasteiger partial charge is 0.494 e. The van der Waals surface area contributed by atoms with E-state index in [1.807, 2.05) is 55.5 Å². The van der Waals surface area contributed by atoms with Gasteiger partial charge in [-0.1, -0.05) is 43.3 Å². The number of hydrogen-bond acceptors (Lipinski definition) is 7. The maximum Gasteiger partial charge on any atom is 0.331 e. The minimum atomic E-state index is -0.561. The molecule has 0 saturated carbocycles. The Kier molecular flexibility index (Phi) is 8.34. The van der Waals surface area contributed by atoms with E-state index in [4.69, 9.17) is 23.7 Å². The average molecular weight is 479 g/mol. The van der Waals surface area contributed by atoms with Crippen LogP contribution in [0.25, 0.3) is 12.2 Å². The van der Waals surface area contributed by atoms with Crippen LogP contribution in [0, 0.1) is 0 Å². The van der Waals surface area contributed by atoms with Crippen molar-refractivity contribution in [2.24, 2.45) is 0 Å². The summed E-state index contributed by atoms with van der Waals surface area (Å²) < 4.78 is 28.0. The van der Waals surface area contributed by atoms with Crippen molar-refractivity contribution in [1.82, 2.24) is 0 Å². The Labute approximate surface area is 205 Å². The molecule has 0 radical (unpaired) electrons. The molecule has 0 amide bonds. The molecule has 4 rings (SSSR count). The molecule has 2 aliphatic rings. The molecule has 35 heavy (non-hydrogen) atoms. The van der Waals surface area contributed by atoms with Gasteiger partial charge in [-0.05, 0) is 54.3 Å². The summed E-state index contributed by atoms with van der Waals surface area (Å²) in [6.45, 7) is 4.99. The minimum Gasteiger partial charge on any atom is -0.494 e. The van der Waals surface area contributed by atoms with Crippen molar-refractivity contribution < 1.29 is 33.3 Å². The zero-order valence-corrected chi connectivity index (χ0v) is 19.9. The van der Waals surface area contributed by atoms with Crippen LogP contribution in [-0.4, -0.2) is 56.2 Å². The van der Waals surface area contributed by atoms with Gasteiger partial charge in [0, 0.05) is 12.2 Å². The second kappa shape index (κ2) is 11.8. The van der Waals surface area contributed by atoms with Crippen molar-refractivity contribution >= 4 is 24.1 Å². The van der Waals surface area contributed by atoms with E-state index in [2.05, 4.69) is 6.92 Å². The molecular formula is C28H30O7. The first-order valence-electron chi connectivity index (χ1n) is 11.9. The van der Waals surface area contributed by atoms with Gasteiger partial charge in [-0.25, -0.2) is 9.59 Å². The number of esters is 2. The van der Waals surface area contributed by atoms with Gasteiger partial charge in [0.25, 0.3) is 0 Å². The van der Waals surface area contributed by atoms with Crippen LogP contribution >= 0.6 is 0 Å². The molecule has 0 aliphatic carbocycles. The zero-order valence-electron chi connectivity index (χ0n) is 19.9. The number of rotatable bonds is 9. The summed E-state index contributed by atoms with van der Waals surface area (Å²) in [6.07, 6.45) is 5.06. The Morgan fingerprint density at radius 1 is 0.800 bits per heavy atom. The molecule has 0 bridgehead atoms. The van der Waals surface area contributed by atoms with E-state index in [1.165, 1.54) is 17.7 Å². The van der Waals surface area contributed by atoms with Crippen LogP contribution in [0.5, 0.6) is 5.75 Å². The molecule has 7 nitrogen and oxygen atoms in total. The topological polar surface area (TPSA) is 80.3 Å². The van der Waals surface area contributed by atoms with E-state index < -0.39 is 36.4 Å². The summed E-state index contributed by atoms with van der Waals surface area (Å²) in [5.41, 5.74) is 3.01. The van der Waals surface area contributed by atoms with Gasteiger partial charge in [0.15, 0.2) is 12.2 Å². The van der Waals surface area contributed by atoms with E-state index in [0.29, 0.717) is 6.61 Å². The fourth-order valence-electron chi connectivity index (χ4n) is 4.04. The maximum absolute atomic E-state index is 12.3. The van der Waals surface area contributed by atoms with Gasteiger partial charge >= 0.3 is 11.9 Å². The lowest BCUT2D eigenvalue weighted by Crippen LogP contribution is -2.35. The maximum atomic E-state index is 12.3. The van der Waals surface area contributed by atoms with E-state index in [-0.39, 0.29) is 13.2 Å². The first-order valence-corrected chi connectivity index (χ1v) is 11.9. The molecular weight excluding hydrogens is 448 g/mol. The molecule has 4 atom stereocenters. The molecule has 2 heterocycles. The third-order valence-electron chi connectivity index (χ3n) is 5.90. The third kappa shape index (κ3) is 6.59. The van der Waals surface area contributed by atoms with Crippen LogP contribution < -0.4 is 4.74 Å². The van der Waals surface area contributed by atoms with Gasteiger partial charge in [-0.3, -0.25) is 0 Å². The lowest BCUT2D eigenvalue weighted by atomic mass is 10.1. The van der Waals surface area contributed by atoms with Gasteiger partial charge in [-0.15, -0.1) is 0 Å². The molecule has 2 aromatic rings. The van der Waals surface area contributed by atoms with Crippen molar-refractivity contribution in [3.8, 4) is 5.75 Å². The minimum absolute atomic E-state index is 0.186. The highest BCUT2D eigenvalue weighted by Gasteiger charge is 2.51. The van der Waals surface area contributed by atoms with Crippen LogP contribution in [0.4, 0.5) is 0 Å². The Hall–Kier alpha value is -3.42. The lowest BCUT2D eigenvalue weighted by Gasteiger charge is -2.16. The van der Waals surface area contributed by atoms with Crippen molar-refractivity contribution in [1.29, 1.82) is 0 Å². The predicted molar refractivity (Wildman–Crippen MR) is 131 cm³/mol. The highest BCUT2D eigenvalue weighted by Crippen LogP contribution is 2.31. The zero-order chi connectivity index (χ0) is 24.6. The van der Waals surface area contributed by atoms with Gasteiger partial charge in [0.05, 0.1) is 19.8 Å². The normalized spacial score (nSPS) is 23.5. The molecule has 0 spiro atoms. The Bertz CT molecular complexity index is 1060. The molecule has 2 aromatic carbocycles. The molecule has 2 saturated heterocycles. The van der Waals surface area contributed by atoms with Crippen molar-refractivity contribution in [3.63, 3.8) is 0 Å². The molecule has 2 aliphatic heterocycles. The highest BCUT2D eigenvalue weighted by atomic mass is 16.7. The molecule has 2 fully saturated rings. The molecule has 0 aromatic heterocycles. The molecule has 7 heteroatoms. The Balaban J connectivity index is 1.25. The Morgan fingerprint density at radius 3 is 1.74 bits per heavy atom. The van der Waals surface area contributed by atoms with Crippen LogP contribution in [0.15, 0.2) is 60.7 Å². The first-order chi connectivity index (χ1) is 17.1. The van der Waals surface area contributed by atoms with E-state index >= 15 is 0 Å². The Morgan fingerprint density at radius 2 is 1.29 bits per heavy atom. The van der Waals surface area contributed by atoms with Gasteiger partial charge in [0.2, 0.25) is 0 Å². The molecule has 0 N–H and O–H groups in total. The smallest absolute Gasteiger partial charge is 0.331 e. The number of fused-ring (bicyclic) bond motifs is 1. The van der Waals surface area contributed by atoms with Crippen molar-refractivity contribution in [2.75, 3.05) is 19.8 Å². The van der Waals surface area contributed by atoms with Crippen LogP contribution in [0.1, 0.15) is 30.5 Å². The number of hydrogen-bond donors (Lipinski definition) is 0. The van der Waals surface area contributed by atoms with Crippen LogP contribution in [0.2, 0.25) is 0 Å². The number of carbonyl (C=O) groups excluding carboxylic acids is 2. The van der Waals surface area contributed by atoms with E-state index in [0.717, 1.165) is 23.3 Å². The average Bonchev–Trinajstić information content (AvgIpc) is 3.46. The van der Waals surface area contributed by atoms with Gasteiger partial charge in [-0.2, -0.15) is 0 Å². The molecule has 184 valence electrons. The number of aryl methyl sites for hydroxylation is 1. The monoisotopic (exact) mass is 478 g/mol. The fraction of sp³-hybridized carbons (Fsp3) is 0.357. The number of ether oxygens (including phenoxy) is 5. The fourth-order valence-corrected chi connectivity index (χ4v) is 4.04. The van der Waals surface area contributed by atoms with Gasteiger partial charge < -0.3 is 23.7 Å². The second-order valence-corrected chi connectivity index (χ2v) is 8.31. The lowest BCUT2D eigenvalue weighted by molar-refractivity contribution is -0.149. The summed E-state index contributed by atoms with van der Waals surface area (Å²) >= 11 is 0. The predicted octanol–water partition coefficient (Wildman–Crippen LogP) is 4.00. The summed E-state index contributed by atoms with van der Waals surface area (Å²) in [5, 5.41) is 0. The number of carbonyl (C=O) groups is 2. The second-order valence-electron chi connectivity index (χ2n) is 8.31. The SMILES string of the molecule is CCOc1ccc(/C=C/C(=O)O[C@@H]2CO[C@@H]3C(OC(=O)/C=C/c4ccc(CC)cc4)CO[C@@H]32)cc1. The molecule has 1 unspecified atom stereocenters. The van der Waals surface area contributed by atoms with E-state index in [1.54, 1.807) is 12.2 Å². The number of benzene rings is 2. The van der Waals surface area contributed by atoms with Gasteiger partial charge in [0.1, 0.15) is 18.0 Å². The quantitative estimate of drug-likeness (QED) is 0.398. The van der Waals surface area contributed by atoms with Crippen LogP contribution in [-0.2, 0) is 35.0 Å².